The zero-order chi connectivity index (χ0) is 17.1. The first-order chi connectivity index (χ1) is 12.3. The van der Waals surface area contributed by atoms with Crippen molar-refractivity contribution in [1.29, 1.82) is 0 Å². The molecule has 0 saturated carbocycles. The Bertz CT molecular complexity index is 827. The lowest BCUT2D eigenvalue weighted by Crippen LogP contribution is -2.34. The second kappa shape index (κ2) is 7.15. The van der Waals surface area contributed by atoms with Crippen LogP contribution in [-0.2, 0) is 13.6 Å². The van der Waals surface area contributed by atoms with Gasteiger partial charge in [0.25, 0.3) is 0 Å². The fraction of sp³-hybridized carbons (Fsp3) is 0.350. The van der Waals surface area contributed by atoms with Crippen molar-refractivity contribution in [3.05, 3.63) is 66.5 Å². The molecule has 0 spiro atoms. The van der Waals surface area contributed by atoms with Gasteiger partial charge in [0.05, 0.1) is 30.1 Å². The van der Waals surface area contributed by atoms with Gasteiger partial charge in [-0.05, 0) is 24.9 Å². The normalized spacial score (nSPS) is 18.4. The van der Waals surface area contributed by atoms with Crippen molar-refractivity contribution in [2.24, 2.45) is 7.05 Å². The molecule has 0 amide bonds. The number of hydrogen-bond acceptors (Lipinski definition) is 4. The van der Waals surface area contributed by atoms with Crippen LogP contribution < -0.4 is 0 Å². The number of hydrogen-bond donors (Lipinski definition) is 0. The number of nitrogens with zero attached hydrogens (tertiary/aromatic N) is 5. The molecule has 1 aliphatic heterocycles. The van der Waals surface area contributed by atoms with Gasteiger partial charge < -0.3 is 4.57 Å². The van der Waals surface area contributed by atoms with E-state index in [9.17, 15) is 0 Å². The van der Waals surface area contributed by atoms with Gasteiger partial charge in [-0.2, -0.15) is 0 Å². The van der Waals surface area contributed by atoms with Gasteiger partial charge in [0.15, 0.2) is 0 Å². The molecule has 0 aliphatic carbocycles. The maximum atomic E-state index is 4.89. The summed E-state index contributed by atoms with van der Waals surface area (Å²) in [7, 11) is 1.99. The first-order valence-corrected chi connectivity index (χ1v) is 8.84. The summed E-state index contributed by atoms with van der Waals surface area (Å²) in [5, 5.41) is 0. The summed E-state index contributed by atoms with van der Waals surface area (Å²) in [5.74, 6) is 0.443. The van der Waals surface area contributed by atoms with Crippen LogP contribution >= 0.6 is 0 Å². The third-order valence-electron chi connectivity index (χ3n) is 4.91. The van der Waals surface area contributed by atoms with Crippen molar-refractivity contribution >= 4 is 0 Å². The third-order valence-corrected chi connectivity index (χ3v) is 4.91. The summed E-state index contributed by atoms with van der Waals surface area (Å²) in [4.78, 5) is 16.1. The monoisotopic (exact) mass is 333 g/mol. The number of imidazole rings is 1. The van der Waals surface area contributed by atoms with Crippen LogP contribution in [0.2, 0.25) is 0 Å². The van der Waals surface area contributed by atoms with Crippen LogP contribution in [0.1, 0.15) is 30.0 Å². The van der Waals surface area contributed by atoms with E-state index in [0.29, 0.717) is 5.92 Å². The molecule has 25 heavy (non-hydrogen) atoms. The number of piperidine rings is 1. The minimum Gasteiger partial charge on any atom is -0.332 e. The van der Waals surface area contributed by atoms with Crippen molar-refractivity contribution in [2.45, 2.75) is 25.3 Å². The number of likely N-dealkylation sites (tertiary alicyclic amines) is 1. The lowest BCUT2D eigenvalue weighted by molar-refractivity contribution is 0.198. The Morgan fingerprint density at radius 1 is 1.08 bits per heavy atom. The molecule has 3 heterocycles. The molecule has 4 rings (SSSR count). The Hall–Kier alpha value is -2.53. The molecule has 1 fully saturated rings. The molecule has 0 N–H and O–H groups in total. The van der Waals surface area contributed by atoms with Gasteiger partial charge in [-0.3, -0.25) is 9.88 Å². The number of benzene rings is 1. The quantitative estimate of drug-likeness (QED) is 0.735. The van der Waals surface area contributed by atoms with Crippen LogP contribution in [0.5, 0.6) is 0 Å². The van der Waals surface area contributed by atoms with E-state index >= 15 is 0 Å². The van der Waals surface area contributed by atoms with Crippen LogP contribution in [0.4, 0.5) is 0 Å². The van der Waals surface area contributed by atoms with Gasteiger partial charge in [0, 0.05) is 32.3 Å². The first-order valence-electron chi connectivity index (χ1n) is 8.84. The molecule has 0 radical (unpaired) electrons. The zero-order valence-electron chi connectivity index (χ0n) is 14.5. The van der Waals surface area contributed by atoms with Crippen LogP contribution in [0, 0.1) is 0 Å². The molecule has 2 aromatic heterocycles. The van der Waals surface area contributed by atoms with Crippen LogP contribution in [0.3, 0.4) is 0 Å². The largest absolute Gasteiger partial charge is 0.332 e. The standard InChI is InChI=1S/C20H23N5/c1-24-15-22-12-20(24)19-11-21-10-18(23-19)17-8-5-9-25(14-17)13-16-6-3-2-4-7-16/h2-4,6-7,10-12,15,17H,5,8-9,13-14H2,1H3/t17-/m1/s1. The van der Waals surface area contributed by atoms with Gasteiger partial charge in [-0.1, -0.05) is 30.3 Å². The second-order valence-corrected chi connectivity index (χ2v) is 6.78. The Labute approximate surface area is 148 Å². The maximum Gasteiger partial charge on any atom is 0.107 e. The summed E-state index contributed by atoms with van der Waals surface area (Å²) in [6, 6.07) is 10.7. The molecular weight excluding hydrogens is 310 g/mol. The van der Waals surface area contributed by atoms with Crippen molar-refractivity contribution in [2.75, 3.05) is 13.1 Å². The van der Waals surface area contributed by atoms with E-state index in [2.05, 4.69) is 45.2 Å². The van der Waals surface area contributed by atoms with Gasteiger partial charge in [-0.15, -0.1) is 0 Å². The molecule has 3 aromatic rings. The fourth-order valence-corrected chi connectivity index (χ4v) is 3.59. The highest BCUT2D eigenvalue weighted by Gasteiger charge is 2.23. The van der Waals surface area contributed by atoms with E-state index in [4.69, 9.17) is 4.98 Å². The number of aromatic nitrogens is 4. The highest BCUT2D eigenvalue weighted by Crippen LogP contribution is 2.27. The zero-order valence-corrected chi connectivity index (χ0v) is 14.5. The smallest absolute Gasteiger partial charge is 0.107 e. The average molecular weight is 333 g/mol. The topological polar surface area (TPSA) is 46.8 Å². The SMILES string of the molecule is Cn1cncc1-c1cncc([C@@H]2CCCN(Cc3ccccc3)C2)n1. The van der Waals surface area contributed by atoms with Crippen LogP contribution in [0.25, 0.3) is 11.4 Å². The van der Waals surface area contributed by atoms with E-state index in [1.54, 1.807) is 6.33 Å². The first kappa shape index (κ1) is 16.0. The van der Waals surface area contributed by atoms with Gasteiger partial charge in [0.2, 0.25) is 0 Å². The van der Waals surface area contributed by atoms with E-state index in [1.807, 2.05) is 30.2 Å². The molecular formula is C20H23N5. The van der Waals surface area contributed by atoms with E-state index in [-0.39, 0.29) is 0 Å². The van der Waals surface area contributed by atoms with Crippen molar-refractivity contribution < 1.29 is 0 Å². The molecule has 5 heteroatoms. The van der Waals surface area contributed by atoms with E-state index in [1.165, 1.54) is 18.4 Å². The lowest BCUT2D eigenvalue weighted by atomic mass is 9.94. The highest BCUT2D eigenvalue weighted by molar-refractivity contribution is 5.52. The summed E-state index contributed by atoms with van der Waals surface area (Å²) >= 11 is 0. The minimum absolute atomic E-state index is 0.443. The predicted octanol–water partition coefficient (Wildman–Crippen LogP) is 3.26. The van der Waals surface area contributed by atoms with Gasteiger partial charge in [-0.25, -0.2) is 9.97 Å². The third kappa shape index (κ3) is 3.61. The van der Waals surface area contributed by atoms with E-state index in [0.717, 1.165) is 36.7 Å². The Morgan fingerprint density at radius 2 is 1.96 bits per heavy atom. The van der Waals surface area contributed by atoms with Gasteiger partial charge >= 0.3 is 0 Å². The average Bonchev–Trinajstić information content (AvgIpc) is 3.09. The molecule has 1 atom stereocenters. The summed E-state index contributed by atoms with van der Waals surface area (Å²) in [6.45, 7) is 3.20. The molecule has 0 bridgehead atoms. The Kier molecular flexibility index (Phi) is 4.57. The van der Waals surface area contributed by atoms with Crippen molar-refractivity contribution in [3.8, 4) is 11.4 Å². The fourth-order valence-electron chi connectivity index (χ4n) is 3.59. The van der Waals surface area contributed by atoms with Crippen molar-refractivity contribution in [1.82, 2.24) is 24.4 Å². The minimum atomic E-state index is 0.443. The predicted molar refractivity (Wildman–Crippen MR) is 97.9 cm³/mol. The van der Waals surface area contributed by atoms with Crippen LogP contribution in [0.15, 0.2) is 55.2 Å². The maximum absolute atomic E-state index is 4.89. The van der Waals surface area contributed by atoms with Gasteiger partial charge in [0.1, 0.15) is 5.69 Å². The summed E-state index contributed by atoms with van der Waals surface area (Å²) in [6.07, 6.45) is 9.77. The molecule has 5 nitrogen and oxygen atoms in total. The van der Waals surface area contributed by atoms with Crippen LogP contribution in [-0.4, -0.2) is 37.5 Å². The molecule has 0 unspecified atom stereocenters. The Balaban J connectivity index is 1.51. The number of rotatable bonds is 4. The summed E-state index contributed by atoms with van der Waals surface area (Å²) in [5.41, 5.74) is 4.37. The van der Waals surface area contributed by atoms with E-state index < -0.39 is 0 Å². The lowest BCUT2D eigenvalue weighted by Gasteiger charge is -2.32. The molecule has 1 saturated heterocycles. The second-order valence-electron chi connectivity index (χ2n) is 6.78. The highest BCUT2D eigenvalue weighted by atomic mass is 15.1. The molecule has 1 aromatic carbocycles. The Morgan fingerprint density at radius 3 is 2.76 bits per heavy atom. The van der Waals surface area contributed by atoms with Crippen molar-refractivity contribution in [3.63, 3.8) is 0 Å². The number of aryl methyl sites for hydroxylation is 1. The molecule has 1 aliphatic rings. The molecule has 128 valence electrons. The summed E-state index contributed by atoms with van der Waals surface area (Å²) < 4.78 is 1.98.